The first-order chi connectivity index (χ1) is 9.61. The van der Waals surface area contributed by atoms with Crippen molar-refractivity contribution in [1.29, 1.82) is 0 Å². The topological polar surface area (TPSA) is 59.5 Å². The summed E-state index contributed by atoms with van der Waals surface area (Å²) in [7, 11) is 1.29. The minimum atomic E-state index is -0.637. The summed E-state index contributed by atoms with van der Waals surface area (Å²) in [6.07, 6.45) is 5.01. The zero-order chi connectivity index (χ0) is 14.5. The fraction of sp³-hybridized carbons (Fsp3) is 0.500. The molecule has 2 rings (SSSR count). The van der Waals surface area contributed by atoms with Crippen molar-refractivity contribution in [3.05, 3.63) is 29.8 Å². The lowest BCUT2D eigenvalue weighted by atomic mass is 10.1. The zero-order valence-corrected chi connectivity index (χ0v) is 11.3. The molecule has 1 amide bonds. The van der Waals surface area contributed by atoms with E-state index in [0.717, 1.165) is 31.7 Å². The van der Waals surface area contributed by atoms with Crippen LogP contribution < -0.4 is 0 Å². The maximum atomic E-state index is 12.8. The van der Waals surface area contributed by atoms with E-state index in [4.69, 9.17) is 0 Å². The highest BCUT2D eigenvalue weighted by Crippen LogP contribution is 2.24. The third-order valence-corrected chi connectivity index (χ3v) is 3.53. The van der Waals surface area contributed by atoms with Crippen LogP contribution in [0.15, 0.2) is 18.3 Å². The van der Waals surface area contributed by atoms with Gasteiger partial charge in [-0.15, -0.1) is 0 Å². The highest BCUT2D eigenvalue weighted by Gasteiger charge is 2.29. The van der Waals surface area contributed by atoms with E-state index in [0.29, 0.717) is 0 Å². The van der Waals surface area contributed by atoms with Gasteiger partial charge >= 0.3 is 5.97 Å². The van der Waals surface area contributed by atoms with Gasteiger partial charge in [-0.05, 0) is 25.0 Å². The molecule has 20 heavy (non-hydrogen) atoms. The number of hydrogen-bond acceptors (Lipinski definition) is 4. The van der Waals surface area contributed by atoms with Crippen LogP contribution in [-0.2, 0) is 9.53 Å². The van der Waals surface area contributed by atoms with Crippen LogP contribution in [0.3, 0.4) is 0 Å². The third-order valence-electron chi connectivity index (χ3n) is 3.53. The van der Waals surface area contributed by atoms with Crippen LogP contribution in [0.4, 0.5) is 4.39 Å². The lowest BCUT2D eigenvalue weighted by Gasteiger charge is -2.27. The van der Waals surface area contributed by atoms with E-state index >= 15 is 0 Å². The van der Waals surface area contributed by atoms with Crippen molar-refractivity contribution in [1.82, 2.24) is 9.88 Å². The van der Waals surface area contributed by atoms with Crippen LogP contribution in [0.25, 0.3) is 0 Å². The monoisotopic (exact) mass is 280 g/mol. The summed E-state index contributed by atoms with van der Waals surface area (Å²) >= 11 is 0. The second-order valence-electron chi connectivity index (χ2n) is 4.82. The van der Waals surface area contributed by atoms with Crippen molar-refractivity contribution in [2.24, 2.45) is 0 Å². The second kappa shape index (κ2) is 6.45. The van der Waals surface area contributed by atoms with Crippen molar-refractivity contribution in [2.75, 3.05) is 13.7 Å². The number of rotatable bonds is 4. The first-order valence-electron chi connectivity index (χ1n) is 6.61. The number of aromatic nitrogens is 1. The van der Waals surface area contributed by atoms with E-state index in [1.807, 2.05) is 0 Å². The predicted molar refractivity (Wildman–Crippen MR) is 69.5 cm³/mol. The van der Waals surface area contributed by atoms with Crippen LogP contribution in [0.5, 0.6) is 0 Å². The molecule has 6 heteroatoms. The van der Waals surface area contributed by atoms with Crippen LogP contribution in [0.1, 0.15) is 36.0 Å². The van der Waals surface area contributed by atoms with Crippen LogP contribution in [0, 0.1) is 5.95 Å². The predicted octanol–water partition coefficient (Wildman–Crippen LogP) is 1.78. The average Bonchev–Trinajstić information content (AvgIpc) is 2.98. The Balaban J connectivity index is 2.18. The Labute approximate surface area is 116 Å². The molecule has 0 unspecified atom stereocenters. The van der Waals surface area contributed by atoms with E-state index in [1.165, 1.54) is 24.3 Å². The summed E-state index contributed by atoms with van der Waals surface area (Å²) in [4.78, 5) is 28.9. The summed E-state index contributed by atoms with van der Waals surface area (Å²) in [5, 5.41) is 0. The summed E-state index contributed by atoms with van der Waals surface area (Å²) in [5.74, 6) is -1.41. The maximum absolute atomic E-state index is 12.8. The van der Waals surface area contributed by atoms with Crippen molar-refractivity contribution in [3.63, 3.8) is 0 Å². The Morgan fingerprint density at radius 3 is 2.65 bits per heavy atom. The number of amides is 1. The van der Waals surface area contributed by atoms with Crippen molar-refractivity contribution in [3.8, 4) is 0 Å². The molecule has 0 bridgehead atoms. The molecule has 0 radical (unpaired) electrons. The van der Waals surface area contributed by atoms with E-state index in [2.05, 4.69) is 9.72 Å². The first kappa shape index (κ1) is 14.4. The standard InChI is InChI=1S/C14H17FN2O3/c1-20-13(18)9-17(11-4-2-3-5-11)14(19)10-6-7-12(15)16-8-10/h6-8,11H,2-5,9H2,1H3. The van der Waals surface area contributed by atoms with Crippen LogP contribution in [-0.4, -0.2) is 41.5 Å². The lowest BCUT2D eigenvalue weighted by Crippen LogP contribution is -2.42. The molecule has 0 saturated heterocycles. The van der Waals surface area contributed by atoms with Crippen molar-refractivity contribution >= 4 is 11.9 Å². The van der Waals surface area contributed by atoms with Gasteiger partial charge in [0.1, 0.15) is 6.54 Å². The Bertz CT molecular complexity index is 484. The molecule has 0 atom stereocenters. The van der Waals surface area contributed by atoms with Crippen LogP contribution in [0.2, 0.25) is 0 Å². The van der Waals surface area contributed by atoms with Crippen molar-refractivity contribution < 1.29 is 18.7 Å². The Morgan fingerprint density at radius 1 is 1.40 bits per heavy atom. The zero-order valence-electron chi connectivity index (χ0n) is 11.3. The number of esters is 1. The number of methoxy groups -OCH3 is 1. The Hall–Kier alpha value is -1.98. The quantitative estimate of drug-likeness (QED) is 0.623. The van der Waals surface area contributed by atoms with Gasteiger partial charge in [0, 0.05) is 12.2 Å². The molecule has 0 N–H and O–H groups in total. The number of hydrogen-bond donors (Lipinski definition) is 0. The molecular weight excluding hydrogens is 263 g/mol. The molecule has 1 aromatic heterocycles. The number of carbonyl (C=O) groups excluding carboxylic acids is 2. The molecule has 0 aliphatic heterocycles. The number of halogens is 1. The molecular formula is C14H17FN2O3. The second-order valence-corrected chi connectivity index (χ2v) is 4.82. The molecule has 108 valence electrons. The smallest absolute Gasteiger partial charge is 0.325 e. The van der Waals surface area contributed by atoms with Gasteiger partial charge in [0.25, 0.3) is 5.91 Å². The number of pyridine rings is 1. The average molecular weight is 280 g/mol. The number of ether oxygens (including phenoxy) is 1. The molecule has 1 aliphatic rings. The Kier molecular flexibility index (Phi) is 4.65. The number of nitrogens with zero attached hydrogens (tertiary/aromatic N) is 2. The molecule has 5 nitrogen and oxygen atoms in total. The van der Waals surface area contributed by atoms with Gasteiger partial charge in [-0.25, -0.2) is 4.98 Å². The highest BCUT2D eigenvalue weighted by atomic mass is 19.1. The number of carbonyl (C=O) groups is 2. The van der Waals surface area contributed by atoms with Gasteiger partial charge in [0.15, 0.2) is 0 Å². The van der Waals surface area contributed by atoms with Crippen molar-refractivity contribution in [2.45, 2.75) is 31.7 Å². The highest BCUT2D eigenvalue weighted by molar-refractivity contribution is 5.95. The summed E-state index contributed by atoms with van der Waals surface area (Å²) in [6.45, 7) is -0.0859. The van der Waals surface area contributed by atoms with Gasteiger partial charge in [0.2, 0.25) is 5.95 Å². The Morgan fingerprint density at radius 2 is 2.10 bits per heavy atom. The summed E-state index contributed by atoms with van der Waals surface area (Å²) in [5.41, 5.74) is 0.280. The fourth-order valence-corrected chi connectivity index (χ4v) is 2.45. The SMILES string of the molecule is COC(=O)CN(C(=O)c1ccc(F)nc1)C1CCCC1. The molecule has 1 aromatic rings. The maximum Gasteiger partial charge on any atom is 0.325 e. The van der Waals surface area contributed by atoms with E-state index in [9.17, 15) is 14.0 Å². The molecule has 1 heterocycles. The minimum Gasteiger partial charge on any atom is -0.468 e. The van der Waals surface area contributed by atoms with Gasteiger partial charge in [-0.1, -0.05) is 12.8 Å². The lowest BCUT2D eigenvalue weighted by molar-refractivity contribution is -0.141. The van der Waals surface area contributed by atoms with Gasteiger partial charge < -0.3 is 9.64 Å². The van der Waals surface area contributed by atoms with E-state index in [1.54, 1.807) is 0 Å². The molecule has 1 saturated carbocycles. The van der Waals surface area contributed by atoms with Gasteiger partial charge in [-0.2, -0.15) is 4.39 Å². The largest absolute Gasteiger partial charge is 0.468 e. The normalized spacial score (nSPS) is 15.1. The molecule has 1 aliphatic carbocycles. The van der Waals surface area contributed by atoms with E-state index in [-0.39, 0.29) is 24.1 Å². The molecule has 0 spiro atoms. The summed E-state index contributed by atoms with van der Waals surface area (Å²) < 4.78 is 17.4. The fourth-order valence-electron chi connectivity index (χ4n) is 2.45. The first-order valence-corrected chi connectivity index (χ1v) is 6.61. The van der Waals surface area contributed by atoms with Crippen LogP contribution >= 0.6 is 0 Å². The summed E-state index contributed by atoms with van der Waals surface area (Å²) in [6, 6.07) is 2.55. The minimum absolute atomic E-state index is 0.0339. The van der Waals surface area contributed by atoms with E-state index < -0.39 is 11.9 Å². The van der Waals surface area contributed by atoms with Gasteiger partial charge in [-0.3, -0.25) is 9.59 Å². The molecule has 0 aromatic carbocycles. The molecule has 1 fully saturated rings. The third kappa shape index (κ3) is 3.31. The van der Waals surface area contributed by atoms with Gasteiger partial charge in [0.05, 0.1) is 12.7 Å².